The molecule has 3 rings (SSSR count). The predicted molar refractivity (Wildman–Crippen MR) is 91.0 cm³/mol. The van der Waals surface area contributed by atoms with Gasteiger partial charge in [0.1, 0.15) is 11.3 Å². The minimum Gasteiger partial charge on any atom is -0.494 e. The highest BCUT2D eigenvalue weighted by molar-refractivity contribution is 6.30. The molecule has 22 heavy (non-hydrogen) atoms. The number of benzene rings is 2. The predicted octanol–water partition coefficient (Wildman–Crippen LogP) is 4.34. The number of nitrogens with zero attached hydrogens (tertiary/aromatic N) is 2. The highest BCUT2D eigenvalue weighted by Gasteiger charge is 2.05. The Balaban J connectivity index is 1.86. The lowest BCUT2D eigenvalue weighted by atomic mass is 10.2. The lowest BCUT2D eigenvalue weighted by Crippen LogP contribution is -1.94. The molecule has 110 valence electrons. The number of hydrogen-bond acceptors (Lipinski definition) is 4. The summed E-state index contributed by atoms with van der Waals surface area (Å²) in [6.45, 7) is 0. The monoisotopic (exact) mass is 311 g/mol. The van der Waals surface area contributed by atoms with Crippen molar-refractivity contribution < 1.29 is 4.74 Å². The van der Waals surface area contributed by atoms with E-state index in [2.05, 4.69) is 15.5 Å². The quantitative estimate of drug-likeness (QED) is 0.576. The zero-order valence-electron chi connectivity index (χ0n) is 12.0. The summed E-state index contributed by atoms with van der Waals surface area (Å²) in [6.07, 6.45) is 3.47. The number of rotatable bonds is 4. The van der Waals surface area contributed by atoms with Crippen LogP contribution in [0, 0.1) is 0 Å². The molecule has 0 saturated heterocycles. The van der Waals surface area contributed by atoms with Gasteiger partial charge in [-0.1, -0.05) is 35.9 Å². The minimum atomic E-state index is 0.706. The van der Waals surface area contributed by atoms with Crippen LogP contribution in [0.2, 0.25) is 5.02 Å². The number of pyridine rings is 1. The van der Waals surface area contributed by atoms with Gasteiger partial charge in [-0.15, -0.1) is 0 Å². The Morgan fingerprint density at radius 3 is 2.73 bits per heavy atom. The van der Waals surface area contributed by atoms with E-state index in [4.69, 9.17) is 16.3 Å². The first kappa shape index (κ1) is 14.4. The molecule has 1 aromatic heterocycles. The number of ether oxygens (including phenoxy) is 1. The zero-order valence-corrected chi connectivity index (χ0v) is 12.7. The van der Waals surface area contributed by atoms with Gasteiger partial charge in [-0.3, -0.25) is 10.4 Å². The Labute approximate surface area is 133 Å². The number of hydrogen-bond donors (Lipinski definition) is 1. The van der Waals surface area contributed by atoms with E-state index in [9.17, 15) is 0 Å². The van der Waals surface area contributed by atoms with Gasteiger partial charge in [-0.05, 0) is 29.8 Å². The van der Waals surface area contributed by atoms with Crippen LogP contribution in [-0.2, 0) is 0 Å². The molecule has 0 bridgehead atoms. The van der Waals surface area contributed by atoms with Crippen LogP contribution < -0.4 is 10.2 Å². The number of methoxy groups -OCH3 is 1. The molecule has 0 amide bonds. The van der Waals surface area contributed by atoms with E-state index in [1.165, 1.54) is 0 Å². The Hall–Kier alpha value is -2.59. The highest BCUT2D eigenvalue weighted by Crippen LogP contribution is 2.28. The molecule has 0 aliphatic carbocycles. The van der Waals surface area contributed by atoms with Gasteiger partial charge in [0.2, 0.25) is 0 Å². The van der Waals surface area contributed by atoms with Crippen LogP contribution in [-0.4, -0.2) is 18.3 Å². The van der Waals surface area contributed by atoms with Crippen molar-refractivity contribution in [1.82, 2.24) is 4.98 Å². The van der Waals surface area contributed by atoms with Crippen molar-refractivity contribution in [2.24, 2.45) is 5.10 Å². The van der Waals surface area contributed by atoms with E-state index >= 15 is 0 Å². The number of fused-ring (bicyclic) bond motifs is 1. The van der Waals surface area contributed by atoms with E-state index < -0.39 is 0 Å². The van der Waals surface area contributed by atoms with Crippen LogP contribution in [0.25, 0.3) is 10.9 Å². The Morgan fingerprint density at radius 2 is 1.95 bits per heavy atom. The van der Waals surface area contributed by atoms with Gasteiger partial charge >= 0.3 is 0 Å². The Kier molecular flexibility index (Phi) is 4.21. The van der Waals surface area contributed by atoms with Gasteiger partial charge in [0.15, 0.2) is 0 Å². The van der Waals surface area contributed by atoms with Crippen LogP contribution in [0.4, 0.5) is 5.69 Å². The second-order valence-electron chi connectivity index (χ2n) is 4.64. The molecule has 3 aromatic rings. The highest BCUT2D eigenvalue weighted by atomic mass is 35.5. The number of para-hydroxylation sites is 1. The fraction of sp³-hybridized carbons (Fsp3) is 0.0588. The first-order valence-corrected chi connectivity index (χ1v) is 7.12. The maximum Gasteiger partial charge on any atom is 0.145 e. The van der Waals surface area contributed by atoms with E-state index in [0.717, 1.165) is 27.9 Å². The molecule has 4 nitrogen and oxygen atoms in total. The van der Waals surface area contributed by atoms with Crippen molar-refractivity contribution in [3.63, 3.8) is 0 Å². The van der Waals surface area contributed by atoms with Crippen molar-refractivity contribution >= 4 is 34.4 Å². The Morgan fingerprint density at radius 1 is 1.14 bits per heavy atom. The molecule has 0 radical (unpaired) electrons. The van der Waals surface area contributed by atoms with Crippen LogP contribution >= 0.6 is 11.6 Å². The first-order valence-electron chi connectivity index (χ1n) is 6.74. The molecule has 5 heteroatoms. The van der Waals surface area contributed by atoms with Crippen LogP contribution in [0.3, 0.4) is 0 Å². The van der Waals surface area contributed by atoms with Crippen molar-refractivity contribution in [2.45, 2.75) is 0 Å². The van der Waals surface area contributed by atoms with E-state index in [-0.39, 0.29) is 0 Å². The summed E-state index contributed by atoms with van der Waals surface area (Å²) in [5.74, 6) is 0.739. The topological polar surface area (TPSA) is 46.5 Å². The van der Waals surface area contributed by atoms with Crippen LogP contribution in [0.15, 0.2) is 59.8 Å². The third kappa shape index (κ3) is 3.02. The van der Waals surface area contributed by atoms with Crippen LogP contribution in [0.5, 0.6) is 5.75 Å². The second kappa shape index (κ2) is 6.45. The van der Waals surface area contributed by atoms with Gasteiger partial charge in [-0.25, -0.2) is 0 Å². The molecule has 0 aliphatic heterocycles. The SMILES string of the molecule is COc1cccc2c(N/N=C/c3ccc(Cl)cc3)ccnc12. The molecular formula is C17H14ClN3O. The summed E-state index contributed by atoms with van der Waals surface area (Å²) in [7, 11) is 1.63. The molecule has 0 atom stereocenters. The number of hydrazone groups is 1. The van der Waals surface area contributed by atoms with Crippen molar-refractivity contribution in [3.8, 4) is 5.75 Å². The molecule has 2 aromatic carbocycles. The van der Waals surface area contributed by atoms with Gasteiger partial charge in [0.05, 0.1) is 19.0 Å². The lowest BCUT2D eigenvalue weighted by molar-refractivity contribution is 0.419. The molecule has 0 spiro atoms. The van der Waals surface area contributed by atoms with Gasteiger partial charge < -0.3 is 4.74 Å². The third-order valence-corrected chi connectivity index (χ3v) is 3.47. The summed E-state index contributed by atoms with van der Waals surface area (Å²) in [4.78, 5) is 4.36. The average Bonchev–Trinajstić information content (AvgIpc) is 2.56. The van der Waals surface area contributed by atoms with E-state index in [1.54, 1.807) is 19.5 Å². The first-order chi connectivity index (χ1) is 10.8. The summed E-state index contributed by atoms with van der Waals surface area (Å²) in [5, 5.41) is 5.92. The largest absolute Gasteiger partial charge is 0.494 e. The molecule has 0 unspecified atom stereocenters. The summed E-state index contributed by atoms with van der Waals surface area (Å²) < 4.78 is 5.33. The maximum atomic E-state index is 5.86. The average molecular weight is 312 g/mol. The van der Waals surface area contributed by atoms with Crippen molar-refractivity contribution in [2.75, 3.05) is 12.5 Å². The number of anilines is 1. The van der Waals surface area contributed by atoms with Gasteiger partial charge in [0, 0.05) is 16.6 Å². The number of aromatic nitrogens is 1. The number of nitrogens with one attached hydrogen (secondary N) is 1. The zero-order chi connectivity index (χ0) is 15.4. The molecule has 1 heterocycles. The molecule has 1 N–H and O–H groups in total. The molecule has 0 fully saturated rings. The smallest absolute Gasteiger partial charge is 0.145 e. The molecule has 0 saturated carbocycles. The standard InChI is InChI=1S/C17H14ClN3O/c1-22-16-4-2-3-14-15(9-10-19-17(14)16)21-20-11-12-5-7-13(18)8-6-12/h2-11H,1H3,(H,19,21)/b20-11+. The van der Waals surface area contributed by atoms with E-state index in [1.807, 2.05) is 48.5 Å². The third-order valence-electron chi connectivity index (χ3n) is 3.22. The Bertz CT molecular complexity index is 816. The van der Waals surface area contributed by atoms with Gasteiger partial charge in [-0.2, -0.15) is 5.10 Å². The fourth-order valence-electron chi connectivity index (χ4n) is 2.14. The maximum absolute atomic E-state index is 5.86. The lowest BCUT2D eigenvalue weighted by Gasteiger charge is -2.08. The number of halogens is 1. The van der Waals surface area contributed by atoms with Crippen molar-refractivity contribution in [3.05, 3.63) is 65.3 Å². The summed E-state index contributed by atoms with van der Waals surface area (Å²) in [5.41, 5.74) is 5.68. The van der Waals surface area contributed by atoms with Gasteiger partial charge in [0.25, 0.3) is 0 Å². The summed E-state index contributed by atoms with van der Waals surface area (Å²) >= 11 is 5.86. The van der Waals surface area contributed by atoms with Crippen LogP contribution in [0.1, 0.15) is 5.56 Å². The molecule has 0 aliphatic rings. The normalized spacial score (nSPS) is 11.0. The fourth-order valence-corrected chi connectivity index (χ4v) is 2.26. The summed E-state index contributed by atoms with van der Waals surface area (Å²) in [6, 6.07) is 15.1. The van der Waals surface area contributed by atoms with E-state index in [0.29, 0.717) is 5.02 Å². The van der Waals surface area contributed by atoms with Crippen molar-refractivity contribution in [1.29, 1.82) is 0 Å². The molecular weight excluding hydrogens is 298 g/mol. The minimum absolute atomic E-state index is 0.706. The second-order valence-corrected chi connectivity index (χ2v) is 5.07.